The van der Waals surface area contributed by atoms with Crippen LogP contribution in [-0.4, -0.2) is 42.3 Å². The first-order valence-corrected chi connectivity index (χ1v) is 11.6. The fourth-order valence-corrected chi connectivity index (χ4v) is 3.92. The molecule has 0 aliphatic rings. The molecular formula is C22H25N9OS. The number of unbranched alkanes of at least 4 members (excludes halogenated alkanes) is 1. The number of aromatic nitrogens is 7. The van der Waals surface area contributed by atoms with Gasteiger partial charge in [0.05, 0.1) is 24.2 Å². The lowest BCUT2D eigenvalue weighted by Crippen LogP contribution is -2.07. The van der Waals surface area contributed by atoms with E-state index in [0.29, 0.717) is 28.4 Å². The first-order valence-electron chi connectivity index (χ1n) is 10.6. The number of nitrogen functional groups attached to an aromatic ring is 1. The van der Waals surface area contributed by atoms with E-state index in [0.717, 1.165) is 17.8 Å². The van der Waals surface area contributed by atoms with Crippen LogP contribution in [0.25, 0.3) is 5.69 Å². The summed E-state index contributed by atoms with van der Waals surface area (Å²) in [5.74, 6) is 2.06. The van der Waals surface area contributed by atoms with Crippen molar-refractivity contribution in [3.05, 3.63) is 59.9 Å². The number of hydrogen-bond donors (Lipinski definition) is 2. The number of nitrogens with zero attached hydrogens (tertiary/aromatic N) is 7. The van der Waals surface area contributed by atoms with Crippen molar-refractivity contribution in [2.24, 2.45) is 0 Å². The normalized spacial score (nSPS) is 10.8. The van der Waals surface area contributed by atoms with Crippen LogP contribution in [0.1, 0.15) is 31.2 Å². The van der Waals surface area contributed by atoms with Crippen molar-refractivity contribution in [2.75, 3.05) is 18.2 Å². The predicted octanol–water partition coefficient (Wildman–Crippen LogP) is 3.82. The Kier molecular flexibility index (Phi) is 7.30. The maximum absolute atomic E-state index is 5.91. The van der Waals surface area contributed by atoms with Crippen LogP contribution < -0.4 is 15.8 Å². The van der Waals surface area contributed by atoms with E-state index in [9.17, 15) is 0 Å². The summed E-state index contributed by atoms with van der Waals surface area (Å²) in [6.07, 6.45) is 3.42. The molecule has 3 N–H and O–H groups in total. The molecular weight excluding hydrogens is 438 g/mol. The topological polar surface area (TPSA) is 130 Å². The third-order valence-corrected chi connectivity index (χ3v) is 5.74. The van der Waals surface area contributed by atoms with Gasteiger partial charge in [-0.2, -0.15) is 19.6 Å². The molecule has 170 valence electrons. The van der Waals surface area contributed by atoms with Gasteiger partial charge in [0.15, 0.2) is 0 Å². The van der Waals surface area contributed by atoms with Crippen LogP contribution in [0.15, 0.2) is 53.7 Å². The minimum atomic E-state index is 0.125. The lowest BCUT2D eigenvalue weighted by atomic mass is 10.1. The number of tetrazole rings is 1. The van der Waals surface area contributed by atoms with Gasteiger partial charge in [-0.15, -0.1) is 5.10 Å². The van der Waals surface area contributed by atoms with Gasteiger partial charge in [-0.25, -0.2) is 0 Å². The Hall–Kier alpha value is -3.73. The van der Waals surface area contributed by atoms with Crippen LogP contribution >= 0.6 is 11.8 Å². The minimum Gasteiger partial charge on any atom is -0.495 e. The molecule has 0 fully saturated rings. The predicted molar refractivity (Wildman–Crippen MR) is 128 cm³/mol. The Balaban J connectivity index is 1.46. The van der Waals surface area contributed by atoms with E-state index in [4.69, 9.17) is 10.5 Å². The zero-order valence-electron chi connectivity index (χ0n) is 18.5. The molecule has 0 amide bonds. The van der Waals surface area contributed by atoms with Crippen molar-refractivity contribution < 1.29 is 4.74 Å². The number of aryl methyl sites for hydroxylation is 1. The van der Waals surface area contributed by atoms with Crippen LogP contribution in [0.4, 0.5) is 17.6 Å². The Morgan fingerprint density at radius 3 is 2.67 bits per heavy atom. The summed E-state index contributed by atoms with van der Waals surface area (Å²) in [5, 5.41) is 15.9. The number of anilines is 3. The van der Waals surface area contributed by atoms with Crippen molar-refractivity contribution >= 4 is 29.3 Å². The number of rotatable bonds is 10. The van der Waals surface area contributed by atoms with Gasteiger partial charge in [0.25, 0.3) is 0 Å². The zero-order chi connectivity index (χ0) is 23.0. The summed E-state index contributed by atoms with van der Waals surface area (Å²) in [5.41, 5.74) is 8.85. The summed E-state index contributed by atoms with van der Waals surface area (Å²) < 4.78 is 7.06. The Labute approximate surface area is 196 Å². The van der Waals surface area contributed by atoms with Gasteiger partial charge in [0.1, 0.15) is 11.6 Å². The molecule has 0 radical (unpaired) electrons. The molecule has 11 heteroatoms. The van der Waals surface area contributed by atoms with Gasteiger partial charge in [0.2, 0.25) is 17.1 Å². The van der Waals surface area contributed by atoms with Gasteiger partial charge < -0.3 is 15.8 Å². The number of benzene rings is 2. The van der Waals surface area contributed by atoms with Crippen LogP contribution in [-0.2, 0) is 12.2 Å². The van der Waals surface area contributed by atoms with Gasteiger partial charge in [-0.3, -0.25) is 0 Å². The average Bonchev–Trinajstić information content (AvgIpc) is 3.30. The largest absolute Gasteiger partial charge is 0.495 e. The summed E-state index contributed by atoms with van der Waals surface area (Å²) >= 11 is 1.42. The van der Waals surface area contributed by atoms with E-state index in [1.807, 2.05) is 36.4 Å². The summed E-state index contributed by atoms with van der Waals surface area (Å²) in [4.78, 5) is 12.9. The molecule has 0 unspecified atom stereocenters. The average molecular weight is 464 g/mol. The number of methoxy groups -OCH3 is 1. The van der Waals surface area contributed by atoms with Gasteiger partial charge in [-0.05, 0) is 53.1 Å². The van der Waals surface area contributed by atoms with Crippen molar-refractivity contribution in [1.29, 1.82) is 0 Å². The molecule has 0 saturated heterocycles. The fourth-order valence-electron chi connectivity index (χ4n) is 3.17. The second-order valence-corrected chi connectivity index (χ2v) is 8.13. The van der Waals surface area contributed by atoms with Gasteiger partial charge >= 0.3 is 0 Å². The number of nitrogens with one attached hydrogen (secondary N) is 1. The summed E-state index contributed by atoms with van der Waals surface area (Å²) in [7, 11) is 1.60. The number of hydrogen-bond acceptors (Lipinski definition) is 10. The van der Waals surface area contributed by atoms with Crippen molar-refractivity contribution in [1.82, 2.24) is 35.2 Å². The maximum atomic E-state index is 5.91. The number of nitrogens with two attached hydrogens (primary N) is 1. The lowest BCUT2D eigenvalue weighted by molar-refractivity contribution is 0.417. The highest BCUT2D eigenvalue weighted by Crippen LogP contribution is 2.26. The highest BCUT2D eigenvalue weighted by atomic mass is 32.2. The Morgan fingerprint density at radius 1 is 1.06 bits per heavy atom. The SMILES string of the molecule is CCCCc1ccc(-n2nnnc2SCc2nc(N)nc(Nc3ccccc3OC)n2)cc1. The standard InChI is InChI=1S/C22H25N9OS/c1-3-4-7-15-10-12-16(13-11-15)31-22(28-29-30-31)33-14-19-25-20(23)27-21(26-19)24-17-8-5-6-9-18(17)32-2/h5-6,8-13H,3-4,7,14H2,1-2H3,(H3,23,24,25,26,27). The van der Waals surface area contributed by atoms with Crippen molar-refractivity contribution in [3.63, 3.8) is 0 Å². The quantitative estimate of drug-likeness (QED) is 0.335. The molecule has 0 aliphatic heterocycles. The van der Waals surface area contributed by atoms with Crippen molar-refractivity contribution in [3.8, 4) is 11.4 Å². The summed E-state index contributed by atoms with van der Waals surface area (Å²) in [6, 6.07) is 15.8. The fraction of sp³-hybridized carbons (Fsp3) is 0.273. The highest BCUT2D eigenvalue weighted by molar-refractivity contribution is 7.98. The van der Waals surface area contributed by atoms with E-state index in [1.165, 1.54) is 30.2 Å². The number of para-hydroxylation sites is 2. The third-order valence-electron chi connectivity index (χ3n) is 4.82. The molecule has 0 saturated carbocycles. The molecule has 2 heterocycles. The smallest absolute Gasteiger partial charge is 0.232 e. The van der Waals surface area contributed by atoms with Crippen LogP contribution in [0.2, 0.25) is 0 Å². The van der Waals surface area contributed by atoms with E-state index < -0.39 is 0 Å². The van der Waals surface area contributed by atoms with E-state index in [2.05, 4.69) is 54.9 Å². The molecule has 10 nitrogen and oxygen atoms in total. The lowest BCUT2D eigenvalue weighted by Gasteiger charge is -2.10. The zero-order valence-corrected chi connectivity index (χ0v) is 19.3. The number of thioether (sulfide) groups is 1. The Bertz CT molecular complexity index is 1200. The first-order chi connectivity index (χ1) is 16.2. The molecule has 33 heavy (non-hydrogen) atoms. The molecule has 2 aromatic heterocycles. The van der Waals surface area contributed by atoms with Crippen LogP contribution in [0.5, 0.6) is 5.75 Å². The van der Waals surface area contributed by atoms with E-state index in [-0.39, 0.29) is 5.95 Å². The van der Waals surface area contributed by atoms with Crippen molar-refractivity contribution in [2.45, 2.75) is 37.1 Å². The molecule has 0 aliphatic carbocycles. The van der Waals surface area contributed by atoms with Gasteiger partial charge in [0, 0.05) is 0 Å². The minimum absolute atomic E-state index is 0.125. The molecule has 4 rings (SSSR count). The van der Waals surface area contributed by atoms with Crippen LogP contribution in [0, 0.1) is 0 Å². The van der Waals surface area contributed by atoms with E-state index >= 15 is 0 Å². The molecule has 0 bridgehead atoms. The number of ether oxygens (including phenoxy) is 1. The first kappa shape index (κ1) is 22.5. The van der Waals surface area contributed by atoms with Crippen LogP contribution in [0.3, 0.4) is 0 Å². The second-order valence-electron chi connectivity index (χ2n) is 7.19. The molecule has 0 spiro atoms. The monoisotopic (exact) mass is 463 g/mol. The maximum Gasteiger partial charge on any atom is 0.232 e. The highest BCUT2D eigenvalue weighted by Gasteiger charge is 2.13. The molecule has 4 aromatic rings. The third kappa shape index (κ3) is 5.75. The van der Waals surface area contributed by atoms with E-state index in [1.54, 1.807) is 11.8 Å². The van der Waals surface area contributed by atoms with Gasteiger partial charge in [-0.1, -0.05) is 49.4 Å². The summed E-state index contributed by atoms with van der Waals surface area (Å²) in [6.45, 7) is 2.19. The second kappa shape index (κ2) is 10.7. The molecule has 2 aromatic carbocycles. The molecule has 0 atom stereocenters. The Morgan fingerprint density at radius 2 is 1.88 bits per heavy atom.